The minimum Gasteiger partial charge on any atom is -0.494 e. The summed E-state index contributed by atoms with van der Waals surface area (Å²) < 4.78 is 10.9. The Hall–Kier alpha value is -1.75. The maximum Gasteiger partial charge on any atom is 0.320 e. The van der Waals surface area contributed by atoms with Crippen LogP contribution in [0.2, 0.25) is 0 Å². The van der Waals surface area contributed by atoms with Gasteiger partial charge in [0.2, 0.25) is 0 Å². The second-order valence-corrected chi connectivity index (χ2v) is 4.25. The Labute approximate surface area is 113 Å². The molecule has 0 aliphatic heterocycles. The highest BCUT2D eigenvalue weighted by Gasteiger charge is 2.15. The van der Waals surface area contributed by atoms with Crippen LogP contribution in [0.15, 0.2) is 24.3 Å². The van der Waals surface area contributed by atoms with Gasteiger partial charge in [0.1, 0.15) is 24.1 Å². The largest absolute Gasteiger partial charge is 0.494 e. The number of benzene rings is 1. The zero-order valence-electron chi connectivity index (χ0n) is 11.6. The molecule has 0 aliphatic rings. The lowest BCUT2D eigenvalue weighted by Gasteiger charge is -2.20. The smallest absolute Gasteiger partial charge is 0.320 e. The molecule has 0 saturated heterocycles. The Morgan fingerprint density at radius 3 is 2.26 bits per heavy atom. The highest BCUT2D eigenvalue weighted by Crippen LogP contribution is 2.17. The monoisotopic (exact) mass is 267 g/mol. The van der Waals surface area contributed by atoms with Gasteiger partial charge < -0.3 is 14.6 Å². The Kier molecular flexibility index (Phi) is 6.15. The van der Waals surface area contributed by atoms with Gasteiger partial charge in [0.05, 0.1) is 6.61 Å². The van der Waals surface area contributed by atoms with E-state index in [9.17, 15) is 4.79 Å². The Balaban J connectivity index is 2.34. The first-order valence-electron chi connectivity index (χ1n) is 6.33. The van der Waals surface area contributed by atoms with E-state index in [1.807, 2.05) is 31.2 Å². The van der Waals surface area contributed by atoms with Crippen LogP contribution < -0.4 is 9.47 Å². The zero-order chi connectivity index (χ0) is 14.3. The van der Waals surface area contributed by atoms with Crippen LogP contribution in [0.4, 0.5) is 0 Å². The number of ether oxygens (including phenoxy) is 2. The molecule has 1 aromatic carbocycles. The highest BCUT2D eigenvalue weighted by molar-refractivity contribution is 5.72. The summed E-state index contributed by atoms with van der Waals surface area (Å²) in [5.41, 5.74) is 0. The van der Waals surface area contributed by atoms with Crippen LogP contribution in [0, 0.1) is 0 Å². The van der Waals surface area contributed by atoms with Crippen LogP contribution in [0.25, 0.3) is 0 Å². The van der Waals surface area contributed by atoms with Crippen molar-refractivity contribution < 1.29 is 19.4 Å². The van der Waals surface area contributed by atoms with E-state index < -0.39 is 12.0 Å². The first-order chi connectivity index (χ1) is 9.04. The lowest BCUT2D eigenvalue weighted by atomic mass is 10.3. The fraction of sp³-hybridized carbons (Fsp3) is 0.500. The minimum absolute atomic E-state index is 0.447. The third kappa shape index (κ3) is 5.18. The Morgan fingerprint density at radius 2 is 1.79 bits per heavy atom. The van der Waals surface area contributed by atoms with Crippen LogP contribution in [-0.4, -0.2) is 48.8 Å². The van der Waals surface area contributed by atoms with E-state index >= 15 is 0 Å². The molecule has 1 N–H and O–H groups in total. The average molecular weight is 267 g/mol. The van der Waals surface area contributed by atoms with Crippen molar-refractivity contribution in [2.75, 3.05) is 26.8 Å². The number of carbonyl (C=O) groups is 1. The van der Waals surface area contributed by atoms with Crippen molar-refractivity contribution in [1.82, 2.24) is 4.90 Å². The fourth-order valence-corrected chi connectivity index (χ4v) is 1.49. The second-order valence-electron chi connectivity index (χ2n) is 4.25. The number of aliphatic carboxylic acids is 1. The van der Waals surface area contributed by atoms with E-state index in [1.165, 1.54) is 0 Å². The standard InChI is InChI=1S/C14H21NO4/c1-4-18-12-5-7-13(8-6-12)19-10-9-15(3)11(2)14(16)17/h5-8,11H,4,9-10H2,1-3H3,(H,16,17). The molecule has 5 heteroatoms. The minimum atomic E-state index is -0.830. The fourth-order valence-electron chi connectivity index (χ4n) is 1.49. The molecule has 0 amide bonds. The summed E-state index contributed by atoms with van der Waals surface area (Å²) in [5, 5.41) is 8.85. The number of carboxylic acids is 1. The molecule has 0 bridgehead atoms. The summed E-state index contributed by atoms with van der Waals surface area (Å²) in [5.74, 6) is 0.731. The zero-order valence-corrected chi connectivity index (χ0v) is 11.6. The van der Waals surface area contributed by atoms with E-state index in [-0.39, 0.29) is 0 Å². The lowest BCUT2D eigenvalue weighted by Crippen LogP contribution is -2.38. The summed E-state index contributed by atoms with van der Waals surface area (Å²) in [6.07, 6.45) is 0. The first-order valence-corrected chi connectivity index (χ1v) is 6.33. The molecule has 1 rings (SSSR count). The molecule has 0 saturated carbocycles. The molecule has 0 spiro atoms. The van der Waals surface area contributed by atoms with E-state index in [1.54, 1.807) is 18.9 Å². The van der Waals surface area contributed by atoms with Crippen LogP contribution in [0.3, 0.4) is 0 Å². The number of rotatable bonds is 8. The molecule has 1 atom stereocenters. The molecule has 1 unspecified atom stereocenters. The number of likely N-dealkylation sites (N-methyl/N-ethyl adjacent to an activating group) is 1. The van der Waals surface area contributed by atoms with Crippen LogP contribution >= 0.6 is 0 Å². The maximum atomic E-state index is 10.8. The van der Waals surface area contributed by atoms with Gasteiger partial charge in [-0.2, -0.15) is 0 Å². The van der Waals surface area contributed by atoms with Crippen molar-refractivity contribution in [1.29, 1.82) is 0 Å². The van der Waals surface area contributed by atoms with Crippen LogP contribution in [-0.2, 0) is 4.79 Å². The SMILES string of the molecule is CCOc1ccc(OCCN(C)C(C)C(=O)O)cc1. The Morgan fingerprint density at radius 1 is 1.26 bits per heavy atom. The molecule has 106 valence electrons. The highest BCUT2D eigenvalue weighted by atomic mass is 16.5. The van der Waals surface area contributed by atoms with Gasteiger partial charge in [0.15, 0.2) is 0 Å². The molecular weight excluding hydrogens is 246 g/mol. The van der Waals surface area contributed by atoms with Gasteiger partial charge >= 0.3 is 5.97 Å². The molecule has 1 aromatic rings. The molecular formula is C14H21NO4. The van der Waals surface area contributed by atoms with Crippen LogP contribution in [0.1, 0.15) is 13.8 Å². The number of hydrogen-bond acceptors (Lipinski definition) is 4. The Bertz CT molecular complexity index is 391. The third-order valence-electron chi connectivity index (χ3n) is 2.87. The summed E-state index contributed by atoms with van der Waals surface area (Å²) in [4.78, 5) is 12.5. The number of hydrogen-bond donors (Lipinski definition) is 1. The molecule has 0 aliphatic carbocycles. The molecule has 0 aromatic heterocycles. The first kappa shape index (κ1) is 15.3. The normalized spacial score (nSPS) is 12.2. The predicted octanol–water partition coefficient (Wildman–Crippen LogP) is 1.87. The predicted molar refractivity (Wildman–Crippen MR) is 72.8 cm³/mol. The van der Waals surface area contributed by atoms with Crippen molar-refractivity contribution >= 4 is 5.97 Å². The average Bonchev–Trinajstić information content (AvgIpc) is 2.40. The quantitative estimate of drug-likeness (QED) is 0.779. The van der Waals surface area contributed by atoms with Crippen LogP contribution in [0.5, 0.6) is 11.5 Å². The number of carboxylic acid groups (broad SMARTS) is 1. The van der Waals surface area contributed by atoms with Crippen molar-refractivity contribution in [3.05, 3.63) is 24.3 Å². The number of nitrogens with zero attached hydrogens (tertiary/aromatic N) is 1. The van der Waals surface area contributed by atoms with Gasteiger partial charge in [-0.25, -0.2) is 0 Å². The van der Waals surface area contributed by atoms with Gasteiger partial charge in [-0.15, -0.1) is 0 Å². The molecule has 0 heterocycles. The third-order valence-corrected chi connectivity index (χ3v) is 2.87. The van der Waals surface area contributed by atoms with Crippen molar-refractivity contribution in [2.45, 2.75) is 19.9 Å². The van der Waals surface area contributed by atoms with Gasteiger partial charge in [-0.3, -0.25) is 9.69 Å². The lowest BCUT2D eigenvalue weighted by molar-refractivity contribution is -0.142. The van der Waals surface area contributed by atoms with Gasteiger partial charge in [-0.1, -0.05) is 0 Å². The van der Waals surface area contributed by atoms with E-state index in [2.05, 4.69) is 0 Å². The van der Waals surface area contributed by atoms with Crippen molar-refractivity contribution in [3.63, 3.8) is 0 Å². The summed E-state index contributed by atoms with van der Waals surface area (Å²) >= 11 is 0. The molecule has 0 radical (unpaired) electrons. The van der Waals surface area contributed by atoms with Gasteiger partial charge in [0, 0.05) is 6.54 Å². The summed E-state index contributed by atoms with van der Waals surface area (Å²) in [7, 11) is 1.76. The maximum absolute atomic E-state index is 10.8. The molecule has 5 nitrogen and oxygen atoms in total. The molecule has 0 fully saturated rings. The van der Waals surface area contributed by atoms with E-state index in [4.69, 9.17) is 14.6 Å². The van der Waals surface area contributed by atoms with E-state index in [0.717, 1.165) is 11.5 Å². The van der Waals surface area contributed by atoms with Gasteiger partial charge in [0.25, 0.3) is 0 Å². The summed E-state index contributed by atoms with van der Waals surface area (Å²) in [6.45, 7) is 5.23. The van der Waals surface area contributed by atoms with Crippen molar-refractivity contribution in [3.8, 4) is 11.5 Å². The van der Waals surface area contributed by atoms with E-state index in [0.29, 0.717) is 19.8 Å². The topological polar surface area (TPSA) is 59.0 Å². The summed E-state index contributed by atoms with van der Waals surface area (Å²) in [6, 6.07) is 6.87. The molecule has 19 heavy (non-hydrogen) atoms. The van der Waals surface area contributed by atoms with Crippen molar-refractivity contribution in [2.24, 2.45) is 0 Å². The van der Waals surface area contributed by atoms with Gasteiger partial charge in [-0.05, 0) is 45.2 Å². The second kappa shape index (κ2) is 7.63.